The molecular weight excluding hydrogens is 298 g/mol. The largest absolute Gasteiger partial charge is 0.354 e. The molecule has 0 aromatic heterocycles. The van der Waals surface area contributed by atoms with Crippen LogP contribution >= 0.6 is 0 Å². The highest BCUT2D eigenvalue weighted by Crippen LogP contribution is 2.16. The number of carbonyl (C=O) groups is 1. The Balaban J connectivity index is 1.70. The van der Waals surface area contributed by atoms with Gasteiger partial charge in [0, 0.05) is 19.6 Å². The first kappa shape index (κ1) is 18.9. The zero-order chi connectivity index (χ0) is 17.4. The molecule has 4 heteroatoms. The number of carbonyl (C=O) groups excluding carboxylic acids is 1. The molecule has 1 fully saturated rings. The van der Waals surface area contributed by atoms with Gasteiger partial charge in [-0.15, -0.1) is 0 Å². The van der Waals surface area contributed by atoms with E-state index in [1.165, 1.54) is 24.9 Å². The molecule has 1 saturated heterocycles. The second kappa shape index (κ2) is 9.80. The van der Waals surface area contributed by atoms with Crippen LogP contribution in [0.1, 0.15) is 38.7 Å². The van der Waals surface area contributed by atoms with Crippen molar-refractivity contribution in [1.29, 1.82) is 0 Å². The van der Waals surface area contributed by atoms with Crippen molar-refractivity contribution in [2.75, 3.05) is 26.2 Å². The molecule has 0 aliphatic carbocycles. The summed E-state index contributed by atoms with van der Waals surface area (Å²) in [7, 11) is 0. The number of nitrogens with two attached hydrogens (primary N) is 1. The van der Waals surface area contributed by atoms with Gasteiger partial charge in [0.15, 0.2) is 0 Å². The summed E-state index contributed by atoms with van der Waals surface area (Å²) in [6.45, 7) is 8.29. The molecule has 3 N–H and O–H groups in total. The second-order valence-electron chi connectivity index (χ2n) is 7.53. The van der Waals surface area contributed by atoms with E-state index in [1.54, 1.807) is 0 Å². The van der Waals surface area contributed by atoms with Crippen LogP contribution in [0.25, 0.3) is 0 Å². The van der Waals surface area contributed by atoms with Crippen molar-refractivity contribution in [2.24, 2.45) is 17.6 Å². The van der Waals surface area contributed by atoms with Gasteiger partial charge in [-0.25, -0.2) is 0 Å². The Labute approximate surface area is 146 Å². The Kier molecular flexibility index (Phi) is 7.73. The minimum atomic E-state index is -0.372. The lowest BCUT2D eigenvalue weighted by atomic mass is 9.97. The number of hydrogen-bond donors (Lipinski definition) is 2. The summed E-state index contributed by atoms with van der Waals surface area (Å²) in [5.41, 5.74) is 7.35. The molecule has 1 heterocycles. The first-order valence-electron chi connectivity index (χ1n) is 9.34. The van der Waals surface area contributed by atoms with Crippen LogP contribution in [0, 0.1) is 11.8 Å². The minimum Gasteiger partial charge on any atom is -0.354 e. The Morgan fingerprint density at radius 3 is 2.79 bits per heavy atom. The highest BCUT2D eigenvalue weighted by molar-refractivity contribution is 5.81. The highest BCUT2D eigenvalue weighted by Gasteiger charge is 2.21. The van der Waals surface area contributed by atoms with Gasteiger partial charge in [0.05, 0.1) is 6.04 Å². The van der Waals surface area contributed by atoms with Gasteiger partial charge in [-0.2, -0.15) is 0 Å². The van der Waals surface area contributed by atoms with Crippen molar-refractivity contribution >= 4 is 5.91 Å². The molecule has 2 atom stereocenters. The topological polar surface area (TPSA) is 58.4 Å². The minimum absolute atomic E-state index is 0.00473. The molecule has 0 saturated carbocycles. The molecule has 0 spiro atoms. The van der Waals surface area contributed by atoms with Gasteiger partial charge in [-0.3, -0.25) is 4.79 Å². The Hall–Kier alpha value is -1.39. The van der Waals surface area contributed by atoms with Crippen LogP contribution in [0.2, 0.25) is 0 Å². The van der Waals surface area contributed by atoms with E-state index in [-0.39, 0.29) is 11.9 Å². The van der Waals surface area contributed by atoms with Crippen LogP contribution in [-0.4, -0.2) is 43.0 Å². The predicted octanol–water partition coefficient (Wildman–Crippen LogP) is 2.43. The molecule has 1 aliphatic heterocycles. The zero-order valence-electron chi connectivity index (χ0n) is 15.2. The number of amides is 1. The first-order chi connectivity index (χ1) is 11.5. The summed E-state index contributed by atoms with van der Waals surface area (Å²) in [4.78, 5) is 14.6. The van der Waals surface area contributed by atoms with Gasteiger partial charge in [0.1, 0.15) is 0 Å². The van der Waals surface area contributed by atoms with Crippen molar-refractivity contribution in [3.05, 3.63) is 35.9 Å². The summed E-state index contributed by atoms with van der Waals surface area (Å²) in [6, 6.07) is 10.3. The molecular formula is C20H33N3O. The predicted molar refractivity (Wildman–Crippen MR) is 99.8 cm³/mol. The number of rotatable bonds is 8. The maximum atomic E-state index is 12.1. The van der Waals surface area contributed by atoms with Gasteiger partial charge >= 0.3 is 0 Å². The average molecular weight is 332 g/mol. The number of nitrogens with zero attached hydrogens (tertiary/aromatic N) is 1. The van der Waals surface area contributed by atoms with Gasteiger partial charge in [0.25, 0.3) is 0 Å². The maximum Gasteiger partial charge on any atom is 0.236 e. The van der Waals surface area contributed by atoms with Crippen LogP contribution in [0.4, 0.5) is 0 Å². The van der Waals surface area contributed by atoms with E-state index in [4.69, 9.17) is 5.73 Å². The molecule has 4 nitrogen and oxygen atoms in total. The maximum absolute atomic E-state index is 12.1. The van der Waals surface area contributed by atoms with Gasteiger partial charge in [-0.05, 0) is 49.6 Å². The molecule has 1 aromatic carbocycles. The van der Waals surface area contributed by atoms with Crippen LogP contribution in [0.5, 0.6) is 0 Å². The molecule has 134 valence electrons. The summed E-state index contributed by atoms with van der Waals surface area (Å²) in [5.74, 6) is 1.00. The van der Waals surface area contributed by atoms with E-state index in [0.717, 1.165) is 32.5 Å². The monoisotopic (exact) mass is 331 g/mol. The average Bonchev–Trinajstić information content (AvgIpc) is 2.58. The van der Waals surface area contributed by atoms with Crippen LogP contribution in [0.15, 0.2) is 30.3 Å². The van der Waals surface area contributed by atoms with E-state index in [9.17, 15) is 4.79 Å². The van der Waals surface area contributed by atoms with Gasteiger partial charge < -0.3 is 16.0 Å². The smallest absolute Gasteiger partial charge is 0.236 e. The third-order valence-electron chi connectivity index (χ3n) is 4.79. The van der Waals surface area contributed by atoms with Crippen molar-refractivity contribution in [3.63, 3.8) is 0 Å². The first-order valence-corrected chi connectivity index (χ1v) is 9.34. The number of likely N-dealkylation sites (tertiary alicyclic amines) is 1. The Morgan fingerprint density at radius 1 is 1.33 bits per heavy atom. The quantitative estimate of drug-likeness (QED) is 0.769. The summed E-state index contributed by atoms with van der Waals surface area (Å²) in [6.07, 6.45) is 4.26. The number of piperidine rings is 1. The fourth-order valence-corrected chi connectivity index (χ4v) is 3.44. The lowest BCUT2D eigenvalue weighted by Gasteiger charge is -2.33. The molecule has 1 unspecified atom stereocenters. The summed E-state index contributed by atoms with van der Waals surface area (Å²) >= 11 is 0. The van der Waals surface area contributed by atoms with Crippen molar-refractivity contribution < 1.29 is 4.79 Å². The number of nitrogens with one attached hydrogen (secondary N) is 1. The molecule has 1 amide bonds. The lowest BCUT2D eigenvalue weighted by Crippen LogP contribution is -2.46. The van der Waals surface area contributed by atoms with Gasteiger partial charge in [-0.1, -0.05) is 44.2 Å². The van der Waals surface area contributed by atoms with Crippen molar-refractivity contribution in [3.8, 4) is 0 Å². The van der Waals surface area contributed by atoms with Crippen molar-refractivity contribution in [1.82, 2.24) is 10.2 Å². The highest BCUT2D eigenvalue weighted by atomic mass is 16.2. The molecule has 0 radical (unpaired) electrons. The van der Waals surface area contributed by atoms with Gasteiger partial charge in [0.2, 0.25) is 5.91 Å². The fraction of sp³-hybridized carbons (Fsp3) is 0.650. The molecule has 0 bridgehead atoms. The Bertz CT molecular complexity index is 489. The standard InChI is InChI=1S/C20H33N3O/c1-16(2)13-19(21)20(24)22-14-18-9-6-11-23(15-18)12-10-17-7-4-3-5-8-17/h3-5,7-8,16,18-19H,6,9-15,21H2,1-2H3,(H,22,24)/t18?,19-/m0/s1. The summed E-state index contributed by atoms with van der Waals surface area (Å²) in [5, 5.41) is 3.06. The van der Waals surface area contributed by atoms with E-state index >= 15 is 0 Å². The molecule has 2 rings (SSSR count). The van der Waals surface area contributed by atoms with Crippen LogP contribution in [-0.2, 0) is 11.2 Å². The van der Waals surface area contributed by atoms with E-state index in [0.29, 0.717) is 11.8 Å². The Morgan fingerprint density at radius 2 is 2.08 bits per heavy atom. The second-order valence-corrected chi connectivity index (χ2v) is 7.53. The molecule has 1 aromatic rings. The summed E-state index contributed by atoms with van der Waals surface area (Å²) < 4.78 is 0. The third kappa shape index (κ3) is 6.62. The van der Waals surface area contributed by atoms with Crippen molar-refractivity contribution in [2.45, 2.75) is 45.6 Å². The zero-order valence-corrected chi connectivity index (χ0v) is 15.2. The SMILES string of the molecule is CC(C)C[C@H](N)C(=O)NCC1CCCN(CCc2ccccc2)C1. The van der Waals surface area contributed by atoms with E-state index in [2.05, 4.69) is 54.4 Å². The van der Waals surface area contributed by atoms with E-state index in [1.807, 2.05) is 0 Å². The lowest BCUT2D eigenvalue weighted by molar-refractivity contribution is -0.123. The van der Waals surface area contributed by atoms with Crippen LogP contribution < -0.4 is 11.1 Å². The fourth-order valence-electron chi connectivity index (χ4n) is 3.44. The third-order valence-corrected chi connectivity index (χ3v) is 4.79. The normalized spacial score (nSPS) is 20.1. The number of hydrogen-bond acceptors (Lipinski definition) is 3. The van der Waals surface area contributed by atoms with Crippen LogP contribution in [0.3, 0.4) is 0 Å². The molecule has 24 heavy (non-hydrogen) atoms. The molecule has 1 aliphatic rings. The van der Waals surface area contributed by atoms with E-state index < -0.39 is 0 Å². The number of benzene rings is 1.